The van der Waals surface area contributed by atoms with E-state index in [-0.39, 0.29) is 11.6 Å². The van der Waals surface area contributed by atoms with Crippen LogP contribution in [0.4, 0.5) is 11.4 Å². The Labute approximate surface area is 271 Å². The molecule has 0 fully saturated rings. The fourth-order valence-corrected chi connectivity index (χ4v) is 5.76. The predicted molar refractivity (Wildman–Crippen MR) is 184 cm³/mol. The van der Waals surface area contributed by atoms with Gasteiger partial charge < -0.3 is 21.7 Å². The molecule has 0 saturated carbocycles. The van der Waals surface area contributed by atoms with Crippen LogP contribution in [0.3, 0.4) is 0 Å². The van der Waals surface area contributed by atoms with Crippen molar-refractivity contribution in [3.63, 3.8) is 0 Å². The summed E-state index contributed by atoms with van der Waals surface area (Å²) in [5, 5.41) is 10.1. The zero-order chi connectivity index (χ0) is 32.5. The summed E-state index contributed by atoms with van der Waals surface area (Å²) in [6.07, 6.45) is 2.22. The zero-order valence-electron chi connectivity index (χ0n) is 25.0. The van der Waals surface area contributed by atoms with E-state index in [1.807, 2.05) is 61.5 Å². The molecular weight excluding hydrogens is 596 g/mol. The fourth-order valence-electron chi connectivity index (χ4n) is 4.75. The van der Waals surface area contributed by atoms with Crippen LogP contribution in [0, 0.1) is 0 Å². The lowest BCUT2D eigenvalue weighted by Gasteiger charge is -2.16. The summed E-state index contributed by atoms with van der Waals surface area (Å²) in [7, 11) is 0. The van der Waals surface area contributed by atoms with E-state index in [0.717, 1.165) is 21.2 Å². The average Bonchev–Trinajstić information content (AvgIpc) is 3.07. The highest BCUT2D eigenvalue weighted by Gasteiger charge is 2.20. The van der Waals surface area contributed by atoms with Crippen molar-refractivity contribution in [2.45, 2.75) is 23.5 Å². The summed E-state index contributed by atoms with van der Waals surface area (Å²) in [6, 6.07) is 35.9. The standard InChI is InChI=1S/C37H32N4O4S/c1-2-33(37(45)39-28-20-18-25(19-21-28)34(38)42)46-30-16-9-15-29(23-30)40-36(44)32(41-35(43)26-11-4-3-5-12-26)22-27-14-8-13-24-10-6-7-17-31(24)27/h3-23,33H,2H2,1H3,(H2,38,42)(H,39,45)(H,40,44)(H,41,43)/b32-22+. The van der Waals surface area contributed by atoms with Crippen LogP contribution in [0.2, 0.25) is 0 Å². The van der Waals surface area contributed by atoms with Gasteiger partial charge in [0.2, 0.25) is 11.8 Å². The van der Waals surface area contributed by atoms with Crippen molar-refractivity contribution in [2.75, 3.05) is 10.6 Å². The maximum Gasteiger partial charge on any atom is 0.272 e. The number of benzene rings is 5. The number of rotatable bonds is 11. The molecule has 8 nitrogen and oxygen atoms in total. The Hall–Kier alpha value is -5.67. The van der Waals surface area contributed by atoms with E-state index >= 15 is 0 Å². The van der Waals surface area contributed by atoms with Gasteiger partial charge in [0.1, 0.15) is 5.70 Å². The number of nitrogens with one attached hydrogen (secondary N) is 3. The van der Waals surface area contributed by atoms with E-state index in [4.69, 9.17) is 5.73 Å². The van der Waals surface area contributed by atoms with Gasteiger partial charge in [0.15, 0.2) is 0 Å². The fraction of sp³-hybridized carbons (Fsp3) is 0.0811. The van der Waals surface area contributed by atoms with Crippen LogP contribution >= 0.6 is 11.8 Å². The first-order valence-electron chi connectivity index (χ1n) is 14.7. The number of carbonyl (C=O) groups is 4. The SMILES string of the molecule is CCC(Sc1cccc(NC(=O)/C(=C\c2cccc3ccccc23)NC(=O)c2ccccc2)c1)C(=O)Nc1ccc(C(N)=O)cc1. The molecule has 5 aromatic rings. The van der Waals surface area contributed by atoms with E-state index in [9.17, 15) is 19.2 Å². The number of fused-ring (bicyclic) bond motifs is 1. The number of carbonyl (C=O) groups excluding carboxylic acids is 4. The Morgan fingerprint density at radius 1 is 0.739 bits per heavy atom. The van der Waals surface area contributed by atoms with Gasteiger partial charge in [-0.15, -0.1) is 11.8 Å². The van der Waals surface area contributed by atoms with E-state index in [1.165, 1.54) is 11.8 Å². The molecule has 230 valence electrons. The summed E-state index contributed by atoms with van der Waals surface area (Å²) in [5.41, 5.74) is 8.00. The van der Waals surface area contributed by atoms with Crippen LogP contribution in [0.15, 0.2) is 132 Å². The topological polar surface area (TPSA) is 130 Å². The summed E-state index contributed by atoms with van der Waals surface area (Å²) in [4.78, 5) is 52.0. The molecule has 1 unspecified atom stereocenters. The maximum atomic E-state index is 13.7. The highest BCUT2D eigenvalue weighted by molar-refractivity contribution is 8.00. The van der Waals surface area contributed by atoms with E-state index in [2.05, 4.69) is 16.0 Å². The molecular formula is C37H32N4O4S. The first kappa shape index (κ1) is 31.7. The van der Waals surface area contributed by atoms with Gasteiger partial charge >= 0.3 is 0 Å². The molecule has 5 rings (SSSR count). The molecule has 0 aliphatic carbocycles. The monoisotopic (exact) mass is 628 g/mol. The quantitative estimate of drug-likeness (QED) is 0.0938. The smallest absolute Gasteiger partial charge is 0.272 e. The highest BCUT2D eigenvalue weighted by atomic mass is 32.2. The summed E-state index contributed by atoms with van der Waals surface area (Å²) >= 11 is 1.36. The van der Waals surface area contributed by atoms with E-state index < -0.39 is 23.0 Å². The number of hydrogen-bond donors (Lipinski definition) is 4. The lowest BCUT2D eigenvalue weighted by atomic mass is 10.0. The second-order valence-corrected chi connectivity index (χ2v) is 11.7. The van der Waals surface area contributed by atoms with Crippen LogP contribution in [-0.2, 0) is 9.59 Å². The molecule has 0 radical (unpaired) electrons. The van der Waals surface area contributed by atoms with Crippen molar-refractivity contribution in [1.29, 1.82) is 0 Å². The third kappa shape index (κ3) is 8.08. The van der Waals surface area contributed by atoms with Crippen molar-refractivity contribution >= 4 is 63.6 Å². The minimum Gasteiger partial charge on any atom is -0.366 e. The number of thioether (sulfide) groups is 1. The first-order chi connectivity index (χ1) is 22.3. The minimum absolute atomic E-state index is 0.0800. The lowest BCUT2D eigenvalue weighted by molar-refractivity contribution is -0.116. The molecule has 0 heterocycles. The molecule has 1 atom stereocenters. The molecule has 5 N–H and O–H groups in total. The molecule has 9 heteroatoms. The second-order valence-electron chi connectivity index (χ2n) is 10.4. The van der Waals surface area contributed by atoms with Gasteiger partial charge in [-0.3, -0.25) is 19.2 Å². The van der Waals surface area contributed by atoms with E-state index in [1.54, 1.807) is 72.8 Å². The van der Waals surface area contributed by atoms with Gasteiger partial charge in [0.05, 0.1) is 5.25 Å². The average molecular weight is 629 g/mol. The molecule has 4 amide bonds. The maximum absolute atomic E-state index is 13.7. The van der Waals surface area contributed by atoms with Crippen LogP contribution in [0.5, 0.6) is 0 Å². The molecule has 0 bridgehead atoms. The van der Waals surface area contributed by atoms with Crippen molar-refractivity contribution in [3.05, 3.63) is 144 Å². The van der Waals surface area contributed by atoms with Crippen LogP contribution < -0.4 is 21.7 Å². The predicted octanol–water partition coefficient (Wildman–Crippen LogP) is 6.86. The summed E-state index contributed by atoms with van der Waals surface area (Å²) in [6.45, 7) is 1.92. The van der Waals surface area contributed by atoms with Gasteiger partial charge in [0.25, 0.3) is 11.8 Å². The molecule has 46 heavy (non-hydrogen) atoms. The number of anilines is 2. The number of hydrogen-bond acceptors (Lipinski definition) is 5. The van der Waals surface area contributed by atoms with Gasteiger partial charge in [-0.25, -0.2) is 0 Å². The zero-order valence-corrected chi connectivity index (χ0v) is 25.8. The summed E-state index contributed by atoms with van der Waals surface area (Å²) in [5.74, 6) is -1.64. The van der Waals surface area contributed by atoms with E-state index in [0.29, 0.717) is 28.9 Å². The van der Waals surface area contributed by atoms with Gasteiger partial charge in [-0.1, -0.05) is 73.7 Å². The van der Waals surface area contributed by atoms with Crippen molar-refractivity contribution in [2.24, 2.45) is 5.73 Å². The van der Waals surface area contributed by atoms with Crippen LogP contribution in [0.25, 0.3) is 16.8 Å². The van der Waals surface area contributed by atoms with Gasteiger partial charge in [-0.2, -0.15) is 0 Å². The number of primary amides is 1. The van der Waals surface area contributed by atoms with Crippen LogP contribution in [-0.4, -0.2) is 28.9 Å². The first-order valence-corrected chi connectivity index (χ1v) is 15.5. The number of nitrogens with two attached hydrogens (primary N) is 1. The molecule has 0 aromatic heterocycles. The Bertz CT molecular complexity index is 1920. The third-order valence-corrected chi connectivity index (χ3v) is 8.48. The third-order valence-electron chi connectivity index (χ3n) is 7.12. The lowest BCUT2D eigenvalue weighted by Crippen LogP contribution is -2.30. The van der Waals surface area contributed by atoms with Crippen molar-refractivity contribution in [1.82, 2.24) is 5.32 Å². The largest absolute Gasteiger partial charge is 0.366 e. The Balaban J connectivity index is 1.34. The molecule has 0 saturated heterocycles. The minimum atomic E-state index is -0.540. The molecule has 0 spiro atoms. The Kier molecular flexibility index (Phi) is 10.3. The van der Waals surface area contributed by atoms with Crippen molar-refractivity contribution in [3.8, 4) is 0 Å². The Morgan fingerprint density at radius 2 is 1.43 bits per heavy atom. The summed E-state index contributed by atoms with van der Waals surface area (Å²) < 4.78 is 0. The Morgan fingerprint density at radius 3 is 2.17 bits per heavy atom. The number of amides is 4. The highest BCUT2D eigenvalue weighted by Crippen LogP contribution is 2.29. The van der Waals surface area contributed by atoms with Gasteiger partial charge in [-0.05, 0) is 83.4 Å². The van der Waals surface area contributed by atoms with Crippen LogP contribution in [0.1, 0.15) is 39.6 Å². The molecule has 5 aromatic carbocycles. The van der Waals surface area contributed by atoms with Crippen molar-refractivity contribution < 1.29 is 19.2 Å². The normalized spacial score (nSPS) is 11.8. The van der Waals surface area contributed by atoms with Gasteiger partial charge in [0, 0.05) is 27.4 Å². The second kappa shape index (κ2) is 14.9. The molecule has 0 aliphatic heterocycles. The molecule has 0 aliphatic rings.